The van der Waals surface area contributed by atoms with Gasteiger partial charge in [0.15, 0.2) is 11.5 Å². The van der Waals surface area contributed by atoms with Crippen LogP contribution in [-0.2, 0) is 19.3 Å². The molecule has 0 fully saturated rings. The van der Waals surface area contributed by atoms with E-state index < -0.39 is 0 Å². The fourth-order valence-corrected chi connectivity index (χ4v) is 3.78. The molecule has 0 saturated carbocycles. The monoisotopic (exact) mass is 438 g/mol. The van der Waals surface area contributed by atoms with E-state index in [4.69, 9.17) is 9.15 Å². The lowest BCUT2D eigenvalue weighted by molar-refractivity contribution is 0.255. The number of phenolic OH excluding ortho intramolecular Hbond substituents is 1. The highest BCUT2D eigenvalue weighted by Crippen LogP contribution is 2.29. The Balaban J connectivity index is 1.60. The molecule has 5 nitrogen and oxygen atoms in total. The van der Waals surface area contributed by atoms with Crippen LogP contribution in [0.1, 0.15) is 80.8 Å². The Labute approximate surface area is 192 Å². The number of hydrogen-bond donors (Lipinski definition) is 3. The number of furan rings is 1. The van der Waals surface area contributed by atoms with E-state index in [-0.39, 0.29) is 11.8 Å². The molecule has 32 heavy (non-hydrogen) atoms. The number of ether oxygens (including phenoxy) is 1. The summed E-state index contributed by atoms with van der Waals surface area (Å²) in [6.07, 6.45) is 7.05. The smallest absolute Gasteiger partial charge is 0.161 e. The van der Waals surface area contributed by atoms with E-state index in [9.17, 15) is 5.11 Å². The number of aromatic hydroxyl groups is 1. The highest BCUT2D eigenvalue weighted by Gasteiger charge is 2.16. The second-order valence-corrected chi connectivity index (χ2v) is 8.74. The van der Waals surface area contributed by atoms with E-state index in [0.29, 0.717) is 18.3 Å². The molecule has 0 unspecified atom stereocenters. The summed E-state index contributed by atoms with van der Waals surface area (Å²) in [5.41, 5.74) is 3.50. The van der Waals surface area contributed by atoms with Gasteiger partial charge in [-0.1, -0.05) is 40.2 Å². The molecular formula is C27H38N2O3. The van der Waals surface area contributed by atoms with Crippen LogP contribution in [0.25, 0.3) is 0 Å². The van der Waals surface area contributed by atoms with Gasteiger partial charge < -0.3 is 24.6 Å². The molecule has 0 spiro atoms. The molecule has 3 N–H and O–H groups in total. The third-order valence-electron chi connectivity index (χ3n) is 5.80. The van der Waals surface area contributed by atoms with Gasteiger partial charge in [0.2, 0.25) is 0 Å². The number of likely N-dealkylation sites (N-methyl/N-ethyl adjacent to an activating group) is 1. The zero-order chi connectivity index (χ0) is 22.9. The van der Waals surface area contributed by atoms with Gasteiger partial charge in [0.25, 0.3) is 0 Å². The Morgan fingerprint density at radius 3 is 2.50 bits per heavy atom. The van der Waals surface area contributed by atoms with Gasteiger partial charge in [-0.15, -0.1) is 0 Å². The number of nitrogens with one attached hydrogen (secondary N) is 2. The lowest BCUT2D eigenvalue weighted by Gasteiger charge is -2.18. The van der Waals surface area contributed by atoms with Crippen molar-refractivity contribution in [2.75, 3.05) is 13.2 Å². The number of aryl methyl sites for hydroxylation is 3. The third kappa shape index (κ3) is 6.67. The summed E-state index contributed by atoms with van der Waals surface area (Å²) in [5.74, 6) is 3.23. The molecule has 0 radical (unpaired) electrons. The van der Waals surface area contributed by atoms with Crippen molar-refractivity contribution in [3.05, 3.63) is 70.9 Å². The fourth-order valence-electron chi connectivity index (χ4n) is 3.78. The maximum atomic E-state index is 10.3. The Bertz CT molecular complexity index is 957. The average molecular weight is 439 g/mol. The van der Waals surface area contributed by atoms with Crippen molar-refractivity contribution in [3.63, 3.8) is 0 Å². The maximum Gasteiger partial charge on any atom is 0.161 e. The molecule has 1 atom stereocenters. The van der Waals surface area contributed by atoms with E-state index >= 15 is 0 Å². The van der Waals surface area contributed by atoms with Crippen molar-refractivity contribution < 1.29 is 14.3 Å². The first-order chi connectivity index (χ1) is 15.5. The third-order valence-corrected chi connectivity index (χ3v) is 5.80. The van der Waals surface area contributed by atoms with Crippen LogP contribution in [0.2, 0.25) is 0 Å². The Hall–Kier alpha value is -2.66. The lowest BCUT2D eigenvalue weighted by atomic mass is 10.1. The largest absolute Gasteiger partial charge is 0.504 e. The molecule has 0 amide bonds. The van der Waals surface area contributed by atoms with Gasteiger partial charge in [-0.25, -0.2) is 0 Å². The van der Waals surface area contributed by atoms with Crippen LogP contribution in [0.5, 0.6) is 11.5 Å². The summed E-state index contributed by atoms with van der Waals surface area (Å²) in [4.78, 5) is 3.37. The molecule has 2 heterocycles. The lowest BCUT2D eigenvalue weighted by Crippen LogP contribution is -2.27. The summed E-state index contributed by atoms with van der Waals surface area (Å²) in [7, 11) is 0. The van der Waals surface area contributed by atoms with Crippen molar-refractivity contribution >= 4 is 0 Å². The molecule has 1 aromatic carbocycles. The molecule has 174 valence electrons. The van der Waals surface area contributed by atoms with Gasteiger partial charge in [-0.2, -0.15) is 0 Å². The van der Waals surface area contributed by atoms with Crippen molar-refractivity contribution in [1.82, 2.24) is 10.3 Å². The average Bonchev–Trinajstić information content (AvgIpc) is 3.45. The van der Waals surface area contributed by atoms with E-state index in [1.807, 2.05) is 12.1 Å². The molecule has 0 aliphatic heterocycles. The Morgan fingerprint density at radius 2 is 1.81 bits per heavy atom. The van der Waals surface area contributed by atoms with E-state index in [1.54, 1.807) is 6.07 Å². The highest BCUT2D eigenvalue weighted by atomic mass is 16.5. The van der Waals surface area contributed by atoms with Gasteiger partial charge >= 0.3 is 0 Å². The molecule has 0 bridgehead atoms. The standard InChI is InChI=1S/C27H38N2O3/c1-5-7-8-22-12-13-23(32-22)11-9-20-10-14-26(30)27(15-20)31-18-25(28-6-2)24-16-21(17-29-24)19(3)4/h10,12-17,19,25,28-30H,5-9,11,18H2,1-4H3/t25-/m0/s1. The molecule has 0 aliphatic carbocycles. The second kappa shape index (κ2) is 11.8. The topological polar surface area (TPSA) is 70.4 Å². The number of H-pyrrole nitrogens is 1. The van der Waals surface area contributed by atoms with Crippen LogP contribution in [0.3, 0.4) is 0 Å². The highest BCUT2D eigenvalue weighted by molar-refractivity contribution is 5.42. The zero-order valence-electron chi connectivity index (χ0n) is 19.9. The molecular weight excluding hydrogens is 400 g/mol. The first-order valence-electron chi connectivity index (χ1n) is 11.9. The number of unbranched alkanes of at least 4 members (excludes halogenated alkanes) is 1. The van der Waals surface area contributed by atoms with Crippen LogP contribution in [0, 0.1) is 0 Å². The number of benzene rings is 1. The summed E-state index contributed by atoms with van der Waals surface area (Å²) >= 11 is 0. The molecule has 5 heteroatoms. The van der Waals surface area contributed by atoms with Gasteiger partial charge in [0.05, 0.1) is 6.04 Å². The van der Waals surface area contributed by atoms with Gasteiger partial charge in [-0.3, -0.25) is 0 Å². The van der Waals surface area contributed by atoms with Crippen LogP contribution >= 0.6 is 0 Å². The number of aromatic nitrogens is 1. The summed E-state index contributed by atoms with van der Waals surface area (Å²) in [6.45, 7) is 9.91. The first kappa shape index (κ1) is 24.0. The number of aromatic amines is 1. The van der Waals surface area contributed by atoms with Gasteiger partial charge in [0.1, 0.15) is 18.1 Å². The minimum absolute atomic E-state index is 0.0280. The zero-order valence-corrected chi connectivity index (χ0v) is 19.9. The van der Waals surface area contributed by atoms with E-state index in [1.165, 1.54) is 12.0 Å². The van der Waals surface area contributed by atoms with Crippen LogP contribution < -0.4 is 10.1 Å². The fraction of sp³-hybridized carbons (Fsp3) is 0.481. The predicted octanol–water partition coefficient (Wildman–Crippen LogP) is 6.29. The number of hydrogen-bond acceptors (Lipinski definition) is 4. The molecule has 0 saturated heterocycles. The molecule has 0 aliphatic rings. The second-order valence-electron chi connectivity index (χ2n) is 8.74. The van der Waals surface area contributed by atoms with E-state index in [0.717, 1.165) is 55.0 Å². The van der Waals surface area contributed by atoms with Crippen molar-refractivity contribution in [1.29, 1.82) is 0 Å². The van der Waals surface area contributed by atoms with Crippen molar-refractivity contribution in [2.24, 2.45) is 0 Å². The number of phenols is 1. The van der Waals surface area contributed by atoms with Gasteiger partial charge in [0, 0.05) is 24.7 Å². The summed E-state index contributed by atoms with van der Waals surface area (Å²) in [5, 5.41) is 13.8. The first-order valence-corrected chi connectivity index (χ1v) is 11.9. The Kier molecular flexibility index (Phi) is 8.86. The van der Waals surface area contributed by atoms with Crippen molar-refractivity contribution in [3.8, 4) is 11.5 Å². The normalized spacial score (nSPS) is 12.4. The van der Waals surface area contributed by atoms with Crippen LogP contribution in [-0.4, -0.2) is 23.2 Å². The molecule has 3 aromatic rings. The minimum Gasteiger partial charge on any atom is -0.504 e. The summed E-state index contributed by atoms with van der Waals surface area (Å²) < 4.78 is 12.0. The van der Waals surface area contributed by atoms with Crippen LogP contribution in [0.15, 0.2) is 47.0 Å². The quantitative estimate of drug-likeness (QED) is 0.293. The van der Waals surface area contributed by atoms with E-state index in [2.05, 4.69) is 62.4 Å². The Morgan fingerprint density at radius 1 is 1.03 bits per heavy atom. The summed E-state index contributed by atoms with van der Waals surface area (Å²) in [6, 6.07) is 12.0. The van der Waals surface area contributed by atoms with Gasteiger partial charge in [-0.05, 0) is 66.8 Å². The predicted molar refractivity (Wildman–Crippen MR) is 130 cm³/mol. The van der Waals surface area contributed by atoms with Crippen molar-refractivity contribution in [2.45, 2.75) is 71.8 Å². The molecule has 2 aromatic heterocycles. The van der Waals surface area contributed by atoms with Crippen LogP contribution in [0.4, 0.5) is 0 Å². The SMILES string of the molecule is CCCCc1ccc(CCc2ccc(O)c(OC[C@H](NCC)c3cc(C(C)C)c[nH]3)c2)o1. The minimum atomic E-state index is 0.0280. The molecule has 3 rings (SSSR count). The number of rotatable bonds is 13. The maximum absolute atomic E-state index is 10.3.